The van der Waals surface area contributed by atoms with Crippen molar-refractivity contribution in [2.45, 2.75) is 33.1 Å². The Balaban J connectivity index is 1.94. The number of ketones is 1. The molecule has 2 rings (SSSR count). The molecule has 2 heteroatoms. The third kappa shape index (κ3) is 2.81. The van der Waals surface area contributed by atoms with Crippen molar-refractivity contribution in [3.05, 3.63) is 35.9 Å². The summed E-state index contributed by atoms with van der Waals surface area (Å²) in [5.74, 6) is 0.249. The van der Waals surface area contributed by atoms with Crippen LogP contribution >= 0.6 is 0 Å². The number of nitrogens with zero attached hydrogens (tertiary/aromatic N) is 1. The molecule has 2 nitrogen and oxygen atoms in total. The number of benzene rings is 1. The van der Waals surface area contributed by atoms with Crippen molar-refractivity contribution in [2.75, 3.05) is 19.6 Å². The lowest BCUT2D eigenvalue weighted by Gasteiger charge is -2.26. The smallest absolute Gasteiger partial charge is 0.176 e. The Morgan fingerprint density at radius 1 is 1.22 bits per heavy atom. The predicted molar refractivity (Wildman–Crippen MR) is 74.8 cm³/mol. The SMILES string of the molecule is CCC1(CC)CCN(CC(=O)c2ccccc2)C1. The second-order valence-corrected chi connectivity index (χ2v) is 5.46. The van der Waals surface area contributed by atoms with E-state index >= 15 is 0 Å². The van der Waals surface area contributed by atoms with E-state index in [0.29, 0.717) is 12.0 Å². The van der Waals surface area contributed by atoms with E-state index in [1.165, 1.54) is 19.3 Å². The largest absolute Gasteiger partial charge is 0.295 e. The van der Waals surface area contributed by atoms with Gasteiger partial charge in [-0.25, -0.2) is 0 Å². The minimum absolute atomic E-state index is 0.249. The van der Waals surface area contributed by atoms with Crippen LogP contribution in [-0.2, 0) is 0 Å². The van der Waals surface area contributed by atoms with Crippen molar-refractivity contribution >= 4 is 5.78 Å². The Kier molecular flexibility index (Phi) is 4.18. The van der Waals surface area contributed by atoms with Gasteiger partial charge in [0, 0.05) is 12.1 Å². The van der Waals surface area contributed by atoms with Crippen LogP contribution in [0, 0.1) is 5.41 Å². The molecule has 0 aromatic heterocycles. The lowest BCUT2D eigenvalue weighted by molar-refractivity contribution is 0.0936. The molecular weight excluding hydrogens is 222 g/mol. The van der Waals surface area contributed by atoms with Crippen LogP contribution in [0.3, 0.4) is 0 Å². The molecule has 0 amide bonds. The number of carbonyl (C=O) groups excluding carboxylic acids is 1. The van der Waals surface area contributed by atoms with Crippen LogP contribution in [0.4, 0.5) is 0 Å². The summed E-state index contributed by atoms with van der Waals surface area (Å²) in [7, 11) is 0. The zero-order valence-corrected chi connectivity index (χ0v) is 11.5. The third-order valence-electron chi connectivity index (χ3n) is 4.48. The van der Waals surface area contributed by atoms with Crippen LogP contribution in [0.15, 0.2) is 30.3 Å². The van der Waals surface area contributed by atoms with Gasteiger partial charge in [-0.15, -0.1) is 0 Å². The molecule has 1 aromatic carbocycles. The van der Waals surface area contributed by atoms with E-state index < -0.39 is 0 Å². The molecular formula is C16H23NO. The lowest BCUT2D eigenvalue weighted by Crippen LogP contribution is -2.30. The van der Waals surface area contributed by atoms with Crippen molar-refractivity contribution in [3.8, 4) is 0 Å². The Morgan fingerprint density at radius 3 is 2.44 bits per heavy atom. The predicted octanol–water partition coefficient (Wildman–Crippen LogP) is 3.38. The first-order valence-electron chi connectivity index (χ1n) is 7.00. The van der Waals surface area contributed by atoms with E-state index in [4.69, 9.17) is 0 Å². The molecule has 0 N–H and O–H groups in total. The van der Waals surface area contributed by atoms with Gasteiger partial charge >= 0.3 is 0 Å². The molecule has 1 aromatic rings. The topological polar surface area (TPSA) is 20.3 Å². The Morgan fingerprint density at radius 2 is 1.89 bits per heavy atom. The van der Waals surface area contributed by atoms with Crippen LogP contribution in [0.5, 0.6) is 0 Å². The minimum Gasteiger partial charge on any atom is -0.295 e. The van der Waals surface area contributed by atoms with Gasteiger partial charge in [-0.05, 0) is 31.2 Å². The molecule has 1 aliphatic heterocycles. The highest BCUT2D eigenvalue weighted by Crippen LogP contribution is 2.36. The second-order valence-electron chi connectivity index (χ2n) is 5.46. The summed E-state index contributed by atoms with van der Waals surface area (Å²) in [4.78, 5) is 14.5. The number of carbonyl (C=O) groups is 1. The summed E-state index contributed by atoms with van der Waals surface area (Å²) < 4.78 is 0. The molecule has 0 saturated carbocycles. The van der Waals surface area contributed by atoms with Crippen LogP contribution in [-0.4, -0.2) is 30.3 Å². The van der Waals surface area contributed by atoms with Gasteiger partial charge in [-0.1, -0.05) is 44.2 Å². The first-order chi connectivity index (χ1) is 8.69. The fraction of sp³-hybridized carbons (Fsp3) is 0.562. The van der Waals surface area contributed by atoms with Crippen molar-refractivity contribution in [1.82, 2.24) is 4.90 Å². The zero-order chi connectivity index (χ0) is 13.0. The highest BCUT2D eigenvalue weighted by molar-refractivity contribution is 5.97. The maximum absolute atomic E-state index is 12.1. The van der Waals surface area contributed by atoms with Gasteiger partial charge in [0.15, 0.2) is 5.78 Å². The van der Waals surface area contributed by atoms with Crippen LogP contribution < -0.4 is 0 Å². The number of hydrogen-bond acceptors (Lipinski definition) is 2. The minimum atomic E-state index is 0.249. The molecule has 0 atom stereocenters. The van der Waals surface area contributed by atoms with Crippen molar-refractivity contribution in [2.24, 2.45) is 5.41 Å². The Labute approximate surface area is 110 Å². The highest BCUT2D eigenvalue weighted by atomic mass is 16.1. The third-order valence-corrected chi connectivity index (χ3v) is 4.48. The molecule has 0 spiro atoms. The van der Waals surface area contributed by atoms with E-state index in [0.717, 1.165) is 18.7 Å². The Bertz CT molecular complexity index is 395. The summed E-state index contributed by atoms with van der Waals surface area (Å²) in [5.41, 5.74) is 1.29. The monoisotopic (exact) mass is 245 g/mol. The summed E-state index contributed by atoms with van der Waals surface area (Å²) in [6.45, 7) is 7.27. The second kappa shape index (κ2) is 5.66. The van der Waals surface area contributed by atoms with Gasteiger partial charge in [-0.3, -0.25) is 9.69 Å². The number of rotatable bonds is 5. The first kappa shape index (κ1) is 13.3. The molecule has 98 valence electrons. The molecule has 1 fully saturated rings. The number of hydrogen-bond donors (Lipinski definition) is 0. The normalized spacial score (nSPS) is 19.0. The molecule has 1 heterocycles. The van der Waals surface area contributed by atoms with Gasteiger partial charge in [0.1, 0.15) is 0 Å². The highest BCUT2D eigenvalue weighted by Gasteiger charge is 2.35. The molecule has 18 heavy (non-hydrogen) atoms. The van der Waals surface area contributed by atoms with Crippen LogP contribution in [0.1, 0.15) is 43.5 Å². The summed E-state index contributed by atoms with van der Waals surface area (Å²) in [6.07, 6.45) is 3.68. The first-order valence-corrected chi connectivity index (χ1v) is 7.00. The quantitative estimate of drug-likeness (QED) is 0.741. The van der Waals surface area contributed by atoms with Gasteiger partial charge in [0.25, 0.3) is 0 Å². The molecule has 0 unspecified atom stereocenters. The van der Waals surface area contributed by atoms with Gasteiger partial charge in [-0.2, -0.15) is 0 Å². The molecule has 0 radical (unpaired) electrons. The van der Waals surface area contributed by atoms with Gasteiger partial charge in [0.05, 0.1) is 6.54 Å². The molecule has 0 aliphatic carbocycles. The van der Waals surface area contributed by atoms with E-state index in [9.17, 15) is 4.79 Å². The molecule has 0 bridgehead atoms. The lowest BCUT2D eigenvalue weighted by atomic mass is 9.82. The van der Waals surface area contributed by atoms with E-state index in [-0.39, 0.29) is 5.78 Å². The van der Waals surface area contributed by atoms with E-state index in [1.807, 2.05) is 30.3 Å². The zero-order valence-electron chi connectivity index (χ0n) is 11.5. The average molecular weight is 245 g/mol. The van der Waals surface area contributed by atoms with Gasteiger partial charge in [0.2, 0.25) is 0 Å². The summed E-state index contributed by atoms with van der Waals surface area (Å²) in [5, 5.41) is 0. The van der Waals surface area contributed by atoms with E-state index in [1.54, 1.807) is 0 Å². The summed E-state index contributed by atoms with van der Waals surface area (Å²) >= 11 is 0. The standard InChI is InChI=1S/C16H23NO/c1-3-16(4-2)10-11-17(13-16)12-15(18)14-8-6-5-7-9-14/h5-9H,3-4,10-13H2,1-2H3. The fourth-order valence-corrected chi connectivity index (χ4v) is 2.91. The van der Waals surface area contributed by atoms with E-state index in [2.05, 4.69) is 18.7 Å². The van der Waals surface area contributed by atoms with Crippen LogP contribution in [0.25, 0.3) is 0 Å². The van der Waals surface area contributed by atoms with Crippen molar-refractivity contribution in [3.63, 3.8) is 0 Å². The average Bonchev–Trinajstić information content (AvgIpc) is 2.84. The fourth-order valence-electron chi connectivity index (χ4n) is 2.91. The summed E-state index contributed by atoms with van der Waals surface area (Å²) in [6, 6.07) is 9.63. The molecule has 1 aliphatic rings. The van der Waals surface area contributed by atoms with Gasteiger partial charge < -0.3 is 0 Å². The maximum atomic E-state index is 12.1. The van der Waals surface area contributed by atoms with Crippen molar-refractivity contribution < 1.29 is 4.79 Å². The Hall–Kier alpha value is -1.15. The maximum Gasteiger partial charge on any atom is 0.176 e. The number of Topliss-reactive ketones (excluding diaryl/α,β-unsaturated/α-hetero) is 1. The molecule has 1 saturated heterocycles. The number of likely N-dealkylation sites (tertiary alicyclic amines) is 1. The van der Waals surface area contributed by atoms with Crippen molar-refractivity contribution in [1.29, 1.82) is 0 Å². The van der Waals surface area contributed by atoms with Crippen LogP contribution in [0.2, 0.25) is 0 Å².